The summed E-state index contributed by atoms with van der Waals surface area (Å²) in [6.07, 6.45) is 1.40. The van der Waals surface area contributed by atoms with Gasteiger partial charge in [-0.2, -0.15) is 0 Å². The number of rotatable bonds is 2. The summed E-state index contributed by atoms with van der Waals surface area (Å²) in [5, 5.41) is 4.27. The minimum atomic E-state index is -2.14. The molecule has 0 bridgehead atoms. The van der Waals surface area contributed by atoms with E-state index in [-0.39, 0.29) is 5.82 Å². The van der Waals surface area contributed by atoms with Crippen LogP contribution in [0.15, 0.2) is 54.7 Å². The molecule has 3 aromatic carbocycles. The van der Waals surface area contributed by atoms with Crippen molar-refractivity contribution in [3.63, 3.8) is 0 Å². The maximum absolute atomic E-state index is 15.0. The number of pyridine rings is 1. The Morgan fingerprint density at radius 2 is 1.67 bits per heavy atom. The van der Waals surface area contributed by atoms with Gasteiger partial charge in [0, 0.05) is 0 Å². The quantitative estimate of drug-likeness (QED) is 0.241. The molecule has 0 spiro atoms. The average molecular weight is 474 g/mol. The molecule has 0 fully saturated rings. The van der Waals surface area contributed by atoms with Crippen molar-refractivity contribution in [2.75, 3.05) is 0 Å². The second kappa shape index (κ2) is 6.89. The topological polar surface area (TPSA) is 12.9 Å². The molecule has 5 rings (SSSR count). The monoisotopic (exact) mass is 475 g/mol. The van der Waals surface area contributed by atoms with Gasteiger partial charge in [0.1, 0.15) is 0 Å². The van der Waals surface area contributed by atoms with E-state index in [2.05, 4.69) is 84.6 Å². The SMILES string of the molecule is Cc1ccc2c(sc3c(-c4c[c]([Ge]([CH3])([CH3])[CH3])c5ccccc5c4)ncc(F)c32)c1C. The third-order valence-electron chi connectivity index (χ3n) is 6.08. The molecular weight excluding hydrogens is 450 g/mol. The third kappa shape index (κ3) is 2.98. The Morgan fingerprint density at radius 1 is 0.900 bits per heavy atom. The number of hydrogen-bond acceptors (Lipinski definition) is 2. The third-order valence-corrected chi connectivity index (χ3v) is 11.7. The first kappa shape index (κ1) is 19.7. The van der Waals surface area contributed by atoms with Crippen LogP contribution in [-0.2, 0) is 0 Å². The van der Waals surface area contributed by atoms with Crippen molar-refractivity contribution in [3.05, 3.63) is 71.7 Å². The zero-order valence-corrected chi connectivity index (χ0v) is 20.8. The van der Waals surface area contributed by atoms with Gasteiger partial charge in [0.05, 0.1) is 0 Å². The van der Waals surface area contributed by atoms with Crippen LogP contribution in [0.2, 0.25) is 17.3 Å². The van der Waals surface area contributed by atoms with Gasteiger partial charge in [-0.25, -0.2) is 0 Å². The molecule has 4 heteroatoms. The van der Waals surface area contributed by atoms with E-state index >= 15 is 0 Å². The predicted octanol–water partition coefficient (Wildman–Crippen LogP) is 7.57. The maximum atomic E-state index is 15.0. The van der Waals surface area contributed by atoms with E-state index in [0.717, 1.165) is 26.0 Å². The predicted molar refractivity (Wildman–Crippen MR) is 132 cm³/mol. The van der Waals surface area contributed by atoms with Gasteiger partial charge >= 0.3 is 183 Å². The molecule has 0 radical (unpaired) electrons. The average Bonchev–Trinajstić information content (AvgIpc) is 3.10. The summed E-state index contributed by atoms with van der Waals surface area (Å²) < 4.78 is 18.5. The van der Waals surface area contributed by atoms with Gasteiger partial charge in [-0.15, -0.1) is 0 Å². The van der Waals surface area contributed by atoms with Crippen LogP contribution in [0.1, 0.15) is 11.1 Å². The Labute approximate surface area is 182 Å². The number of halogens is 1. The fraction of sp³-hybridized carbons (Fsp3) is 0.192. The summed E-state index contributed by atoms with van der Waals surface area (Å²) in [6, 6.07) is 17.3. The van der Waals surface area contributed by atoms with Crippen LogP contribution in [0.4, 0.5) is 4.39 Å². The van der Waals surface area contributed by atoms with E-state index in [1.165, 1.54) is 32.5 Å². The van der Waals surface area contributed by atoms with Gasteiger partial charge in [0.2, 0.25) is 0 Å². The van der Waals surface area contributed by atoms with Gasteiger partial charge in [0.15, 0.2) is 0 Å². The number of hydrogen-bond donors (Lipinski definition) is 0. The van der Waals surface area contributed by atoms with Gasteiger partial charge < -0.3 is 0 Å². The summed E-state index contributed by atoms with van der Waals surface area (Å²) in [6.45, 7) is 4.24. The van der Waals surface area contributed by atoms with Crippen molar-refractivity contribution >= 4 is 59.9 Å². The number of fused-ring (bicyclic) bond motifs is 4. The second-order valence-corrected chi connectivity index (χ2v) is 20.7. The van der Waals surface area contributed by atoms with Crippen molar-refractivity contribution in [2.24, 2.45) is 0 Å². The molecule has 30 heavy (non-hydrogen) atoms. The Kier molecular flexibility index (Phi) is 4.53. The molecule has 1 nitrogen and oxygen atoms in total. The molecule has 150 valence electrons. The molecule has 5 aromatic rings. The van der Waals surface area contributed by atoms with Crippen molar-refractivity contribution < 1.29 is 4.39 Å². The van der Waals surface area contributed by atoms with Gasteiger partial charge in [-0.05, 0) is 0 Å². The van der Waals surface area contributed by atoms with E-state index in [1.807, 2.05) is 0 Å². The van der Waals surface area contributed by atoms with Crippen LogP contribution in [0.3, 0.4) is 0 Å². The molecule has 0 amide bonds. The Bertz CT molecular complexity index is 1460. The molecule has 0 aliphatic heterocycles. The number of thiophene rings is 1. The van der Waals surface area contributed by atoms with Gasteiger partial charge in [0.25, 0.3) is 0 Å². The Hall–Kier alpha value is -2.24. The van der Waals surface area contributed by atoms with Crippen LogP contribution in [0, 0.1) is 19.7 Å². The minimum absolute atomic E-state index is 0.238. The van der Waals surface area contributed by atoms with E-state index in [0.29, 0.717) is 5.39 Å². The first-order chi connectivity index (χ1) is 14.3. The molecule has 2 heterocycles. The fourth-order valence-electron chi connectivity index (χ4n) is 4.32. The normalized spacial score (nSPS) is 12.3. The molecule has 0 unspecified atom stereocenters. The number of aryl methyl sites for hydroxylation is 2. The van der Waals surface area contributed by atoms with E-state index in [1.54, 1.807) is 11.3 Å². The number of aromatic nitrogens is 1. The molecule has 0 saturated carbocycles. The molecule has 0 aliphatic rings. The summed E-state index contributed by atoms with van der Waals surface area (Å²) >= 11 is -0.469. The molecular formula is C26H24FGeNS. The van der Waals surface area contributed by atoms with E-state index in [4.69, 9.17) is 0 Å². The van der Waals surface area contributed by atoms with Crippen molar-refractivity contribution in [1.82, 2.24) is 4.98 Å². The first-order valence-corrected chi connectivity index (χ1v) is 18.4. The van der Waals surface area contributed by atoms with Gasteiger partial charge in [-0.3, -0.25) is 0 Å². The van der Waals surface area contributed by atoms with Crippen molar-refractivity contribution in [1.29, 1.82) is 0 Å². The zero-order chi connectivity index (χ0) is 21.2. The zero-order valence-electron chi connectivity index (χ0n) is 17.9. The number of nitrogens with zero attached hydrogens (tertiary/aromatic N) is 1. The molecule has 0 aliphatic carbocycles. The van der Waals surface area contributed by atoms with E-state index < -0.39 is 13.3 Å². The molecule has 0 N–H and O–H groups in total. The van der Waals surface area contributed by atoms with Crippen LogP contribution in [-0.4, -0.2) is 18.3 Å². The summed E-state index contributed by atoms with van der Waals surface area (Å²) in [4.78, 5) is 4.61. The first-order valence-electron chi connectivity index (χ1n) is 10.3. The molecule has 0 atom stereocenters. The van der Waals surface area contributed by atoms with Crippen LogP contribution >= 0.6 is 11.3 Å². The Morgan fingerprint density at radius 3 is 2.43 bits per heavy atom. The number of benzene rings is 3. The Balaban J connectivity index is 1.90. The summed E-state index contributed by atoms with van der Waals surface area (Å²) in [5.41, 5.74) is 4.44. The second-order valence-electron chi connectivity index (χ2n) is 9.14. The fourth-order valence-corrected chi connectivity index (χ4v) is 9.10. The van der Waals surface area contributed by atoms with Crippen LogP contribution in [0.5, 0.6) is 0 Å². The molecule has 0 saturated heterocycles. The summed E-state index contributed by atoms with van der Waals surface area (Å²) in [5.74, 6) is 7.03. The van der Waals surface area contributed by atoms with Gasteiger partial charge in [-0.1, -0.05) is 0 Å². The van der Waals surface area contributed by atoms with Crippen molar-refractivity contribution in [3.8, 4) is 11.3 Å². The van der Waals surface area contributed by atoms with Crippen molar-refractivity contribution in [2.45, 2.75) is 31.1 Å². The standard InChI is InChI=1S/C26H24FGeNS/c1-15-10-11-20-23-21(27)14-29-24(26(23)30-25(20)16(15)2)18-12-17-8-6-7-9-19(17)22(13-18)28(3,4)5/h6-14H,1-5H3. The van der Waals surface area contributed by atoms with E-state index in [9.17, 15) is 4.39 Å². The van der Waals surface area contributed by atoms with Crippen LogP contribution in [0.25, 0.3) is 42.2 Å². The van der Waals surface area contributed by atoms with Crippen LogP contribution < -0.4 is 4.40 Å². The summed E-state index contributed by atoms with van der Waals surface area (Å²) in [7, 11) is 0. The molecule has 2 aromatic heterocycles.